The number of likely N-dealkylation sites (tertiary alicyclic amines) is 1. The number of nitrogens with one attached hydrogen (secondary N) is 1. The molecule has 0 saturated carbocycles. The van der Waals surface area contributed by atoms with Crippen molar-refractivity contribution in [3.8, 4) is 5.75 Å². The zero-order chi connectivity index (χ0) is 18.0. The molecule has 1 saturated heterocycles. The molecule has 2 aromatic rings. The minimum Gasteiger partial charge on any atom is -0.497 e. The molecule has 0 spiro atoms. The summed E-state index contributed by atoms with van der Waals surface area (Å²) in [4.78, 5) is 26.7. The van der Waals surface area contributed by atoms with Gasteiger partial charge in [0.15, 0.2) is 0 Å². The minimum atomic E-state index is -0.415. The molecule has 0 radical (unpaired) electrons. The molecule has 2 atom stereocenters. The second-order valence-corrected chi connectivity index (χ2v) is 6.39. The van der Waals surface area contributed by atoms with Gasteiger partial charge in [-0.05, 0) is 36.8 Å². The number of carbonyl (C=O) groups excluding carboxylic acids is 2. The predicted octanol–water partition coefficient (Wildman–Crippen LogP) is 3.16. The maximum atomic E-state index is 12.8. The van der Waals surface area contributed by atoms with Crippen LogP contribution in [0.2, 0.25) is 0 Å². The molecule has 3 rings (SSSR count). The quantitative estimate of drug-likeness (QED) is 0.931. The van der Waals surface area contributed by atoms with Gasteiger partial charge in [-0.3, -0.25) is 9.59 Å². The van der Waals surface area contributed by atoms with E-state index < -0.39 is 5.92 Å². The number of carbonyl (C=O) groups is 2. The average Bonchev–Trinajstić information content (AvgIpc) is 2.92. The average molecular weight is 338 g/mol. The first-order valence-corrected chi connectivity index (χ1v) is 8.26. The Balaban J connectivity index is 1.81. The van der Waals surface area contributed by atoms with E-state index in [1.165, 1.54) is 0 Å². The van der Waals surface area contributed by atoms with Crippen molar-refractivity contribution in [2.24, 2.45) is 5.92 Å². The third-order valence-electron chi connectivity index (χ3n) is 4.70. The highest BCUT2D eigenvalue weighted by Crippen LogP contribution is 2.37. The van der Waals surface area contributed by atoms with Crippen LogP contribution in [0.5, 0.6) is 5.75 Å². The van der Waals surface area contributed by atoms with Crippen LogP contribution in [0.4, 0.5) is 5.69 Å². The minimum absolute atomic E-state index is 0.0135. The topological polar surface area (TPSA) is 58.6 Å². The van der Waals surface area contributed by atoms with Gasteiger partial charge in [-0.25, -0.2) is 0 Å². The lowest BCUT2D eigenvalue weighted by Crippen LogP contribution is -2.30. The third kappa shape index (κ3) is 3.50. The predicted molar refractivity (Wildman–Crippen MR) is 96.4 cm³/mol. The van der Waals surface area contributed by atoms with E-state index >= 15 is 0 Å². The number of hydrogen-bond donors (Lipinski definition) is 1. The second kappa shape index (κ2) is 6.97. The third-order valence-corrected chi connectivity index (χ3v) is 4.70. The number of benzene rings is 2. The number of hydrogen-bond acceptors (Lipinski definition) is 3. The Hall–Kier alpha value is -2.82. The van der Waals surface area contributed by atoms with Gasteiger partial charge in [0.2, 0.25) is 11.8 Å². The van der Waals surface area contributed by atoms with Crippen LogP contribution in [-0.4, -0.2) is 30.9 Å². The summed E-state index contributed by atoms with van der Waals surface area (Å²) in [6, 6.07) is 14.9. The molecule has 2 aromatic carbocycles. The number of methoxy groups -OCH3 is 1. The molecule has 1 heterocycles. The molecule has 0 aromatic heterocycles. The number of rotatable bonds is 4. The fraction of sp³-hybridized carbons (Fsp3) is 0.300. The number of ether oxygens (including phenoxy) is 1. The van der Waals surface area contributed by atoms with Gasteiger partial charge in [0.05, 0.1) is 19.1 Å². The largest absolute Gasteiger partial charge is 0.497 e. The molecule has 1 fully saturated rings. The van der Waals surface area contributed by atoms with Crippen LogP contribution in [0, 0.1) is 12.8 Å². The van der Waals surface area contributed by atoms with E-state index in [2.05, 4.69) is 5.32 Å². The number of amides is 2. The molecule has 2 unspecified atom stereocenters. The molecule has 0 bridgehead atoms. The lowest BCUT2D eigenvalue weighted by Gasteiger charge is -2.25. The Morgan fingerprint density at radius 3 is 2.36 bits per heavy atom. The molecule has 5 heteroatoms. The molecule has 130 valence electrons. The normalized spacial score (nSPS) is 19.8. The first-order valence-electron chi connectivity index (χ1n) is 8.26. The van der Waals surface area contributed by atoms with Crippen LogP contribution in [0.3, 0.4) is 0 Å². The van der Waals surface area contributed by atoms with E-state index in [4.69, 9.17) is 4.74 Å². The van der Waals surface area contributed by atoms with Crippen molar-refractivity contribution < 1.29 is 14.3 Å². The molecule has 1 aliphatic rings. The number of anilines is 1. The van der Waals surface area contributed by atoms with Gasteiger partial charge in [-0.15, -0.1) is 0 Å². The highest BCUT2D eigenvalue weighted by atomic mass is 16.5. The summed E-state index contributed by atoms with van der Waals surface area (Å²) >= 11 is 0. The van der Waals surface area contributed by atoms with E-state index in [-0.39, 0.29) is 24.3 Å². The van der Waals surface area contributed by atoms with E-state index in [9.17, 15) is 9.59 Å². The Kier molecular flexibility index (Phi) is 4.74. The van der Waals surface area contributed by atoms with Gasteiger partial charge in [0.1, 0.15) is 5.75 Å². The standard InChI is InChI=1S/C20H22N2O3/c1-13-4-6-14(7-5-13)19-17(12-18(23)22(19)2)20(24)21-15-8-10-16(25-3)11-9-15/h4-11,17,19H,12H2,1-3H3,(H,21,24). The van der Waals surface area contributed by atoms with Crippen LogP contribution < -0.4 is 10.1 Å². The number of aryl methyl sites for hydroxylation is 1. The van der Waals surface area contributed by atoms with Crippen molar-refractivity contribution in [3.63, 3.8) is 0 Å². The van der Waals surface area contributed by atoms with Crippen molar-refractivity contribution in [1.29, 1.82) is 0 Å². The molecule has 1 N–H and O–H groups in total. The van der Waals surface area contributed by atoms with Crippen LogP contribution >= 0.6 is 0 Å². The lowest BCUT2D eigenvalue weighted by molar-refractivity contribution is -0.127. The van der Waals surface area contributed by atoms with Crippen LogP contribution in [-0.2, 0) is 9.59 Å². The Morgan fingerprint density at radius 2 is 1.76 bits per heavy atom. The van der Waals surface area contributed by atoms with Crippen LogP contribution in [0.1, 0.15) is 23.6 Å². The van der Waals surface area contributed by atoms with Gasteiger partial charge < -0.3 is 15.0 Å². The molecular formula is C20H22N2O3. The summed E-state index contributed by atoms with van der Waals surface area (Å²) in [5.41, 5.74) is 2.82. The highest BCUT2D eigenvalue weighted by Gasteiger charge is 2.42. The fourth-order valence-corrected chi connectivity index (χ4v) is 3.23. The van der Waals surface area contributed by atoms with Gasteiger partial charge in [0.25, 0.3) is 0 Å². The maximum Gasteiger partial charge on any atom is 0.230 e. The second-order valence-electron chi connectivity index (χ2n) is 6.39. The molecule has 2 amide bonds. The Bertz CT molecular complexity index is 769. The summed E-state index contributed by atoms with van der Waals surface area (Å²) in [5.74, 6) is 0.155. The molecule has 1 aliphatic heterocycles. The van der Waals surface area contributed by atoms with E-state index in [0.29, 0.717) is 5.69 Å². The monoisotopic (exact) mass is 338 g/mol. The van der Waals surface area contributed by atoms with Crippen LogP contribution in [0.15, 0.2) is 48.5 Å². The summed E-state index contributed by atoms with van der Waals surface area (Å²) in [6.07, 6.45) is 0.219. The first kappa shape index (κ1) is 17.0. The summed E-state index contributed by atoms with van der Waals surface area (Å²) in [5, 5.41) is 2.91. The SMILES string of the molecule is COc1ccc(NC(=O)C2CC(=O)N(C)C2c2ccc(C)cc2)cc1. The van der Waals surface area contributed by atoms with E-state index in [1.807, 2.05) is 31.2 Å². The molecular weight excluding hydrogens is 316 g/mol. The first-order chi connectivity index (χ1) is 12.0. The van der Waals surface area contributed by atoms with Gasteiger partial charge >= 0.3 is 0 Å². The van der Waals surface area contributed by atoms with Gasteiger partial charge in [0, 0.05) is 19.2 Å². The molecule has 25 heavy (non-hydrogen) atoms. The van der Waals surface area contributed by atoms with Crippen molar-refractivity contribution in [2.45, 2.75) is 19.4 Å². The Morgan fingerprint density at radius 1 is 1.12 bits per heavy atom. The van der Waals surface area contributed by atoms with Gasteiger partial charge in [-0.2, -0.15) is 0 Å². The van der Waals surface area contributed by atoms with Crippen molar-refractivity contribution >= 4 is 17.5 Å². The lowest BCUT2D eigenvalue weighted by atomic mass is 9.92. The van der Waals surface area contributed by atoms with Gasteiger partial charge in [-0.1, -0.05) is 29.8 Å². The van der Waals surface area contributed by atoms with Crippen LogP contribution in [0.25, 0.3) is 0 Å². The summed E-state index contributed by atoms with van der Waals surface area (Å²) < 4.78 is 5.12. The smallest absolute Gasteiger partial charge is 0.230 e. The highest BCUT2D eigenvalue weighted by molar-refractivity contribution is 5.98. The fourth-order valence-electron chi connectivity index (χ4n) is 3.23. The van der Waals surface area contributed by atoms with Crippen molar-refractivity contribution in [3.05, 3.63) is 59.7 Å². The molecule has 5 nitrogen and oxygen atoms in total. The van der Waals surface area contributed by atoms with E-state index in [1.54, 1.807) is 43.3 Å². The zero-order valence-corrected chi connectivity index (χ0v) is 14.7. The number of nitrogens with zero attached hydrogens (tertiary/aromatic N) is 1. The Labute approximate surface area is 147 Å². The zero-order valence-electron chi connectivity index (χ0n) is 14.7. The molecule has 0 aliphatic carbocycles. The van der Waals surface area contributed by atoms with Crippen molar-refractivity contribution in [2.75, 3.05) is 19.5 Å². The van der Waals surface area contributed by atoms with Crippen molar-refractivity contribution in [1.82, 2.24) is 4.90 Å². The van der Waals surface area contributed by atoms with E-state index in [0.717, 1.165) is 16.9 Å². The maximum absolute atomic E-state index is 12.8. The summed E-state index contributed by atoms with van der Waals surface area (Å²) in [7, 11) is 3.35. The summed E-state index contributed by atoms with van der Waals surface area (Å²) in [6.45, 7) is 2.02.